The summed E-state index contributed by atoms with van der Waals surface area (Å²) in [4.78, 5) is 4.67. The minimum atomic E-state index is -3.75. The fourth-order valence-corrected chi connectivity index (χ4v) is 4.83. The highest BCUT2D eigenvalue weighted by atomic mass is 32.2. The van der Waals surface area contributed by atoms with E-state index in [1.807, 2.05) is 64.1 Å². The number of rotatable bonds is 6. The van der Waals surface area contributed by atoms with E-state index in [0.29, 0.717) is 11.7 Å². The van der Waals surface area contributed by atoms with Crippen LogP contribution in [0.4, 0.5) is 0 Å². The second-order valence-corrected chi connectivity index (χ2v) is 10.6. The highest BCUT2D eigenvalue weighted by Gasteiger charge is 2.35. The van der Waals surface area contributed by atoms with Crippen molar-refractivity contribution >= 4 is 10.0 Å². The van der Waals surface area contributed by atoms with Crippen molar-refractivity contribution in [2.45, 2.75) is 64.4 Å². The lowest BCUT2D eigenvalue weighted by atomic mass is 10.0. The van der Waals surface area contributed by atoms with Gasteiger partial charge in [-0.2, -0.15) is 9.29 Å². The van der Waals surface area contributed by atoms with Crippen LogP contribution in [-0.4, -0.2) is 28.4 Å². The molecule has 0 bridgehead atoms. The van der Waals surface area contributed by atoms with Gasteiger partial charge in [0.2, 0.25) is 21.7 Å². The van der Waals surface area contributed by atoms with Crippen molar-refractivity contribution < 1.29 is 12.9 Å². The molecule has 0 aliphatic heterocycles. The molecule has 3 aromatic rings. The molecular weight excluding hydrogens is 398 g/mol. The summed E-state index contributed by atoms with van der Waals surface area (Å²) in [7, 11) is -3.75. The summed E-state index contributed by atoms with van der Waals surface area (Å²) in [6, 6.07) is 14.8. The number of hydrogen-bond acceptors (Lipinski definition) is 5. The summed E-state index contributed by atoms with van der Waals surface area (Å²) in [6.45, 7) is 11.7. The first kappa shape index (κ1) is 22.2. The van der Waals surface area contributed by atoms with Crippen LogP contribution < -0.4 is 0 Å². The topological polar surface area (TPSA) is 76.3 Å². The monoisotopic (exact) mass is 427 g/mol. The molecule has 6 nitrogen and oxygen atoms in total. The predicted molar refractivity (Wildman–Crippen MR) is 117 cm³/mol. The zero-order valence-electron chi connectivity index (χ0n) is 18.4. The van der Waals surface area contributed by atoms with Crippen LogP contribution in [0.3, 0.4) is 0 Å². The maximum atomic E-state index is 13.4. The minimum Gasteiger partial charge on any atom is -0.338 e. The number of nitrogens with zero attached hydrogens (tertiary/aromatic N) is 3. The Morgan fingerprint density at radius 3 is 2.13 bits per heavy atom. The van der Waals surface area contributed by atoms with Crippen LogP contribution in [-0.2, 0) is 16.6 Å². The van der Waals surface area contributed by atoms with Crippen molar-refractivity contribution in [3.05, 3.63) is 65.5 Å². The van der Waals surface area contributed by atoms with E-state index in [1.54, 1.807) is 12.1 Å². The SMILES string of the molecule is Cc1ccc(-c2noc(CN(C(C)(C)C)S(=O)(=O)c3ccc(C(C)C)cc3)n2)cc1. The van der Waals surface area contributed by atoms with Crippen molar-refractivity contribution in [2.75, 3.05) is 0 Å². The maximum absolute atomic E-state index is 13.4. The highest BCUT2D eigenvalue weighted by Crippen LogP contribution is 2.28. The van der Waals surface area contributed by atoms with Crippen LogP contribution >= 0.6 is 0 Å². The number of benzene rings is 2. The van der Waals surface area contributed by atoms with E-state index in [4.69, 9.17) is 4.52 Å². The number of aromatic nitrogens is 2. The first-order chi connectivity index (χ1) is 14.0. The summed E-state index contributed by atoms with van der Waals surface area (Å²) in [5, 5.41) is 4.03. The van der Waals surface area contributed by atoms with Gasteiger partial charge >= 0.3 is 0 Å². The van der Waals surface area contributed by atoms with Crippen molar-refractivity contribution in [1.29, 1.82) is 0 Å². The molecule has 0 atom stereocenters. The Bertz CT molecular complexity index is 1090. The van der Waals surface area contributed by atoms with Gasteiger partial charge < -0.3 is 4.52 Å². The number of sulfonamides is 1. The van der Waals surface area contributed by atoms with E-state index in [2.05, 4.69) is 24.0 Å². The number of aryl methyl sites for hydroxylation is 1. The maximum Gasteiger partial charge on any atom is 0.244 e. The molecule has 160 valence electrons. The van der Waals surface area contributed by atoms with Crippen LogP contribution in [0.5, 0.6) is 0 Å². The van der Waals surface area contributed by atoms with Gasteiger partial charge in [-0.1, -0.05) is 61.0 Å². The van der Waals surface area contributed by atoms with Crippen LogP contribution in [0.2, 0.25) is 0 Å². The van der Waals surface area contributed by atoms with Crippen molar-refractivity contribution in [2.24, 2.45) is 0 Å². The Morgan fingerprint density at radius 1 is 1.00 bits per heavy atom. The Morgan fingerprint density at radius 2 is 1.60 bits per heavy atom. The third kappa shape index (κ3) is 4.79. The fraction of sp³-hybridized carbons (Fsp3) is 0.391. The fourth-order valence-electron chi connectivity index (χ4n) is 3.10. The summed E-state index contributed by atoms with van der Waals surface area (Å²) >= 11 is 0. The van der Waals surface area contributed by atoms with E-state index in [1.165, 1.54) is 4.31 Å². The van der Waals surface area contributed by atoms with E-state index in [0.717, 1.165) is 16.7 Å². The van der Waals surface area contributed by atoms with E-state index in [9.17, 15) is 8.42 Å². The molecule has 3 rings (SSSR count). The molecule has 0 fully saturated rings. The van der Waals surface area contributed by atoms with Crippen molar-refractivity contribution in [3.8, 4) is 11.4 Å². The van der Waals surface area contributed by atoms with Crippen molar-refractivity contribution in [3.63, 3.8) is 0 Å². The Balaban J connectivity index is 1.91. The lowest BCUT2D eigenvalue weighted by molar-refractivity contribution is 0.214. The van der Waals surface area contributed by atoms with Gasteiger partial charge in [-0.3, -0.25) is 0 Å². The third-order valence-corrected chi connectivity index (χ3v) is 7.06. The van der Waals surface area contributed by atoms with Crippen molar-refractivity contribution in [1.82, 2.24) is 14.4 Å². The van der Waals surface area contributed by atoms with E-state index in [-0.39, 0.29) is 17.3 Å². The smallest absolute Gasteiger partial charge is 0.244 e. The zero-order chi connectivity index (χ0) is 22.1. The van der Waals surface area contributed by atoms with Gasteiger partial charge in [0.1, 0.15) is 0 Å². The molecule has 0 amide bonds. The highest BCUT2D eigenvalue weighted by molar-refractivity contribution is 7.89. The second-order valence-electron chi connectivity index (χ2n) is 8.78. The zero-order valence-corrected chi connectivity index (χ0v) is 19.2. The summed E-state index contributed by atoms with van der Waals surface area (Å²) in [5.74, 6) is 1.03. The Labute approximate surface area is 179 Å². The lowest BCUT2D eigenvalue weighted by Crippen LogP contribution is -2.45. The minimum absolute atomic E-state index is 0.00335. The van der Waals surface area contributed by atoms with Gasteiger partial charge in [-0.05, 0) is 51.3 Å². The largest absolute Gasteiger partial charge is 0.338 e. The lowest BCUT2D eigenvalue weighted by Gasteiger charge is -2.33. The molecule has 1 aromatic heterocycles. The molecule has 30 heavy (non-hydrogen) atoms. The third-order valence-electron chi connectivity index (χ3n) is 4.94. The van der Waals surface area contributed by atoms with Gasteiger partial charge in [0.15, 0.2) is 0 Å². The second kappa shape index (κ2) is 8.32. The first-order valence-electron chi connectivity index (χ1n) is 10.0. The Kier molecular flexibility index (Phi) is 6.15. The molecule has 0 aliphatic rings. The molecule has 2 aromatic carbocycles. The predicted octanol–water partition coefficient (Wildman–Crippen LogP) is 5.16. The van der Waals surface area contributed by atoms with Gasteiger partial charge in [-0.15, -0.1) is 0 Å². The van der Waals surface area contributed by atoms with Crippen LogP contribution in [0.25, 0.3) is 11.4 Å². The molecule has 7 heteroatoms. The average Bonchev–Trinajstić information content (AvgIpc) is 3.14. The van der Waals surface area contributed by atoms with Gasteiger partial charge in [0.25, 0.3) is 0 Å². The van der Waals surface area contributed by atoms with Crippen LogP contribution in [0.15, 0.2) is 57.9 Å². The van der Waals surface area contributed by atoms with Gasteiger partial charge in [0.05, 0.1) is 11.4 Å². The summed E-state index contributed by atoms with van der Waals surface area (Å²) < 4.78 is 33.6. The van der Waals surface area contributed by atoms with Gasteiger partial charge in [-0.25, -0.2) is 8.42 Å². The average molecular weight is 428 g/mol. The molecular formula is C23H29N3O3S. The molecule has 0 spiro atoms. The molecule has 0 unspecified atom stereocenters. The van der Waals surface area contributed by atoms with Gasteiger partial charge in [0, 0.05) is 11.1 Å². The molecule has 0 aliphatic carbocycles. The molecule has 1 heterocycles. The Hall–Kier alpha value is -2.51. The molecule has 0 saturated heterocycles. The quantitative estimate of drug-likeness (QED) is 0.543. The summed E-state index contributed by atoms with van der Waals surface area (Å²) in [5.41, 5.74) is 2.38. The number of hydrogen-bond donors (Lipinski definition) is 0. The normalized spacial score (nSPS) is 12.7. The van der Waals surface area contributed by atoms with E-state index >= 15 is 0 Å². The summed E-state index contributed by atoms with van der Waals surface area (Å²) in [6.07, 6.45) is 0. The molecule has 0 saturated carbocycles. The van der Waals surface area contributed by atoms with Crippen LogP contribution in [0.1, 0.15) is 57.6 Å². The van der Waals surface area contributed by atoms with E-state index < -0.39 is 15.6 Å². The molecule has 0 radical (unpaired) electrons. The molecule has 0 N–H and O–H groups in total. The van der Waals surface area contributed by atoms with Crippen LogP contribution in [0, 0.1) is 6.92 Å². The first-order valence-corrected chi connectivity index (χ1v) is 11.4. The standard InChI is InChI=1S/C23H29N3O3S/c1-16(2)18-11-13-20(14-12-18)30(27,28)26(23(4,5)6)15-21-24-22(25-29-21)19-9-7-17(3)8-10-19/h7-14,16H,15H2,1-6H3.